The molecule has 0 fully saturated rings. The first-order valence-corrected chi connectivity index (χ1v) is 9.02. The number of thioether (sulfide) groups is 1. The molecule has 0 spiro atoms. The van der Waals surface area contributed by atoms with E-state index in [-0.39, 0.29) is 11.7 Å². The molecule has 0 aliphatic rings. The van der Waals surface area contributed by atoms with Gasteiger partial charge in [0.2, 0.25) is 5.91 Å². The van der Waals surface area contributed by atoms with E-state index in [0.717, 1.165) is 22.2 Å². The number of anilines is 1. The van der Waals surface area contributed by atoms with E-state index in [0.29, 0.717) is 5.13 Å². The zero-order valence-corrected chi connectivity index (χ0v) is 14.9. The standard InChI is InChI=1S/C16H16N4O2S2/c1-20-13(11-3-5-12(22-2)6-4-11)9-18-16(20)24-10-14(21)19-15-17-7-8-23-15/h3-9H,10H2,1-2H3,(H,17,19,21). The Morgan fingerprint density at radius 1 is 1.33 bits per heavy atom. The Balaban J connectivity index is 1.65. The third kappa shape index (κ3) is 3.77. The van der Waals surface area contributed by atoms with Crippen LogP contribution in [0.3, 0.4) is 0 Å². The molecule has 0 radical (unpaired) electrons. The van der Waals surface area contributed by atoms with Gasteiger partial charge in [-0.25, -0.2) is 9.97 Å². The van der Waals surface area contributed by atoms with Crippen LogP contribution in [0.5, 0.6) is 5.75 Å². The minimum absolute atomic E-state index is 0.0936. The van der Waals surface area contributed by atoms with E-state index in [1.807, 2.05) is 47.5 Å². The van der Waals surface area contributed by atoms with Gasteiger partial charge >= 0.3 is 0 Å². The number of carbonyl (C=O) groups is 1. The molecule has 3 aromatic rings. The monoisotopic (exact) mass is 360 g/mol. The summed E-state index contributed by atoms with van der Waals surface area (Å²) in [4.78, 5) is 20.4. The van der Waals surface area contributed by atoms with Gasteiger partial charge < -0.3 is 14.6 Å². The molecule has 0 aliphatic carbocycles. The summed E-state index contributed by atoms with van der Waals surface area (Å²) in [5, 5.41) is 5.98. The van der Waals surface area contributed by atoms with E-state index < -0.39 is 0 Å². The fourth-order valence-electron chi connectivity index (χ4n) is 2.13. The summed E-state index contributed by atoms with van der Waals surface area (Å²) < 4.78 is 7.15. The van der Waals surface area contributed by atoms with Crippen molar-refractivity contribution in [3.8, 4) is 17.0 Å². The topological polar surface area (TPSA) is 69.0 Å². The van der Waals surface area contributed by atoms with E-state index >= 15 is 0 Å². The van der Waals surface area contributed by atoms with E-state index in [9.17, 15) is 4.79 Å². The number of ether oxygens (including phenoxy) is 1. The highest BCUT2D eigenvalue weighted by molar-refractivity contribution is 7.99. The second-order valence-corrected chi connectivity index (χ2v) is 6.72. The molecule has 1 aromatic carbocycles. The van der Waals surface area contributed by atoms with Crippen LogP contribution >= 0.6 is 23.1 Å². The minimum Gasteiger partial charge on any atom is -0.497 e. The van der Waals surface area contributed by atoms with Crippen LogP contribution in [0.1, 0.15) is 0 Å². The van der Waals surface area contributed by atoms with Gasteiger partial charge in [-0.3, -0.25) is 4.79 Å². The summed E-state index contributed by atoms with van der Waals surface area (Å²) in [7, 11) is 3.58. The van der Waals surface area contributed by atoms with Crippen molar-refractivity contribution >= 4 is 34.1 Å². The van der Waals surface area contributed by atoms with Crippen LogP contribution in [0.25, 0.3) is 11.3 Å². The van der Waals surface area contributed by atoms with Gasteiger partial charge in [0.15, 0.2) is 10.3 Å². The fraction of sp³-hybridized carbons (Fsp3) is 0.188. The van der Waals surface area contributed by atoms with Crippen LogP contribution in [-0.4, -0.2) is 33.3 Å². The van der Waals surface area contributed by atoms with Gasteiger partial charge in [-0.15, -0.1) is 11.3 Å². The van der Waals surface area contributed by atoms with E-state index in [2.05, 4.69) is 15.3 Å². The van der Waals surface area contributed by atoms with Crippen molar-refractivity contribution in [2.75, 3.05) is 18.2 Å². The van der Waals surface area contributed by atoms with Crippen molar-refractivity contribution in [1.29, 1.82) is 0 Å². The zero-order chi connectivity index (χ0) is 16.9. The van der Waals surface area contributed by atoms with Gasteiger partial charge in [-0.05, 0) is 24.3 Å². The van der Waals surface area contributed by atoms with Crippen LogP contribution < -0.4 is 10.1 Å². The number of carbonyl (C=O) groups excluding carboxylic acids is 1. The van der Waals surface area contributed by atoms with Gasteiger partial charge in [-0.2, -0.15) is 0 Å². The molecule has 3 rings (SSSR count). The SMILES string of the molecule is COc1ccc(-c2cnc(SCC(=O)Nc3nccs3)n2C)cc1. The number of hydrogen-bond donors (Lipinski definition) is 1. The Bertz CT molecular complexity index is 813. The number of benzene rings is 1. The predicted molar refractivity (Wildman–Crippen MR) is 96.7 cm³/mol. The van der Waals surface area contributed by atoms with Crippen LogP contribution in [0.2, 0.25) is 0 Å². The summed E-state index contributed by atoms with van der Waals surface area (Å²) in [5.41, 5.74) is 2.03. The number of aromatic nitrogens is 3. The van der Waals surface area contributed by atoms with Crippen LogP contribution in [0.15, 0.2) is 47.2 Å². The number of nitrogens with zero attached hydrogens (tertiary/aromatic N) is 3. The molecule has 0 atom stereocenters. The summed E-state index contributed by atoms with van der Waals surface area (Å²) >= 11 is 2.79. The van der Waals surface area contributed by atoms with Crippen molar-refractivity contribution in [3.05, 3.63) is 42.0 Å². The molecule has 124 valence electrons. The van der Waals surface area contributed by atoms with Gasteiger partial charge in [0.1, 0.15) is 5.75 Å². The molecule has 1 amide bonds. The number of methoxy groups -OCH3 is 1. The van der Waals surface area contributed by atoms with Gasteiger partial charge in [0.05, 0.1) is 24.8 Å². The smallest absolute Gasteiger partial charge is 0.236 e. The first-order chi connectivity index (χ1) is 11.7. The second kappa shape index (κ2) is 7.50. The summed E-state index contributed by atoms with van der Waals surface area (Å²) in [6.45, 7) is 0. The first-order valence-electron chi connectivity index (χ1n) is 7.15. The Labute approximate surface area is 147 Å². The highest BCUT2D eigenvalue weighted by atomic mass is 32.2. The highest BCUT2D eigenvalue weighted by Crippen LogP contribution is 2.26. The molecule has 0 bridgehead atoms. The molecule has 2 heterocycles. The second-order valence-electron chi connectivity index (χ2n) is 4.89. The molecule has 8 heteroatoms. The number of imidazole rings is 1. The van der Waals surface area contributed by atoms with E-state index in [1.54, 1.807) is 13.3 Å². The van der Waals surface area contributed by atoms with Crippen molar-refractivity contribution in [2.45, 2.75) is 5.16 Å². The maximum atomic E-state index is 11.9. The van der Waals surface area contributed by atoms with Crippen LogP contribution in [0.4, 0.5) is 5.13 Å². The third-order valence-electron chi connectivity index (χ3n) is 3.34. The molecule has 6 nitrogen and oxygen atoms in total. The third-order valence-corrected chi connectivity index (χ3v) is 5.07. The lowest BCUT2D eigenvalue weighted by Crippen LogP contribution is -2.14. The number of rotatable bonds is 6. The number of thiazole rings is 1. The van der Waals surface area contributed by atoms with Crippen molar-refractivity contribution < 1.29 is 9.53 Å². The maximum absolute atomic E-state index is 11.9. The summed E-state index contributed by atoms with van der Waals surface area (Å²) in [6, 6.07) is 7.80. The van der Waals surface area contributed by atoms with Crippen molar-refractivity contribution in [2.24, 2.45) is 7.05 Å². The predicted octanol–water partition coefficient (Wildman–Crippen LogP) is 3.28. The van der Waals surface area contributed by atoms with Crippen molar-refractivity contribution in [1.82, 2.24) is 14.5 Å². The molecule has 0 saturated heterocycles. The molecule has 0 aliphatic heterocycles. The number of nitrogens with one attached hydrogen (secondary N) is 1. The lowest BCUT2D eigenvalue weighted by atomic mass is 10.1. The average Bonchev–Trinajstić information content (AvgIpc) is 3.23. The zero-order valence-electron chi connectivity index (χ0n) is 13.2. The maximum Gasteiger partial charge on any atom is 0.236 e. The lowest BCUT2D eigenvalue weighted by Gasteiger charge is -2.07. The molecular formula is C16H16N4O2S2. The lowest BCUT2D eigenvalue weighted by molar-refractivity contribution is -0.113. The van der Waals surface area contributed by atoms with Gasteiger partial charge in [0.25, 0.3) is 0 Å². The Morgan fingerprint density at radius 2 is 2.12 bits per heavy atom. The highest BCUT2D eigenvalue weighted by Gasteiger charge is 2.12. The fourth-order valence-corrected chi connectivity index (χ4v) is 3.42. The minimum atomic E-state index is -0.0936. The average molecular weight is 360 g/mol. The van der Waals surface area contributed by atoms with E-state index in [4.69, 9.17) is 4.74 Å². The van der Waals surface area contributed by atoms with Crippen molar-refractivity contribution in [3.63, 3.8) is 0 Å². The Kier molecular flexibility index (Phi) is 5.17. The molecule has 2 aromatic heterocycles. The summed E-state index contributed by atoms with van der Waals surface area (Å²) in [6.07, 6.45) is 3.47. The van der Waals surface area contributed by atoms with Gasteiger partial charge in [-0.1, -0.05) is 11.8 Å². The quantitative estimate of drug-likeness (QED) is 0.683. The Hall–Kier alpha value is -2.32. The summed E-state index contributed by atoms with van der Waals surface area (Å²) in [5.74, 6) is 1.00. The number of hydrogen-bond acceptors (Lipinski definition) is 6. The molecule has 1 N–H and O–H groups in total. The van der Waals surface area contributed by atoms with E-state index in [1.165, 1.54) is 23.1 Å². The molecule has 0 unspecified atom stereocenters. The number of amides is 1. The molecule has 24 heavy (non-hydrogen) atoms. The van der Waals surface area contributed by atoms with Gasteiger partial charge in [0, 0.05) is 24.2 Å². The van der Waals surface area contributed by atoms with Crippen LogP contribution in [0, 0.1) is 0 Å². The normalized spacial score (nSPS) is 10.6. The largest absolute Gasteiger partial charge is 0.497 e. The van der Waals surface area contributed by atoms with Crippen LogP contribution in [-0.2, 0) is 11.8 Å². The molecule has 0 saturated carbocycles. The molecular weight excluding hydrogens is 344 g/mol. The Morgan fingerprint density at radius 3 is 2.79 bits per heavy atom. The first kappa shape index (κ1) is 16.5.